The minimum atomic E-state index is -0.00516. The fourth-order valence-electron chi connectivity index (χ4n) is 3.90. The van der Waals surface area contributed by atoms with E-state index in [-0.39, 0.29) is 17.7 Å². The number of carbonyl (C=O) groups is 2. The van der Waals surface area contributed by atoms with E-state index in [1.165, 1.54) is 5.56 Å². The van der Waals surface area contributed by atoms with Crippen LogP contribution in [0.1, 0.15) is 42.9 Å². The SMILES string of the molecule is CCC(=O)N1CCC(C(=O)N(Cc2ccccc2)Cc2cccc(C)c2)CC1. The molecule has 1 heterocycles. The number of hydrogen-bond acceptors (Lipinski definition) is 2. The molecule has 1 aliphatic heterocycles. The normalized spacial score (nSPS) is 14.7. The summed E-state index contributed by atoms with van der Waals surface area (Å²) >= 11 is 0. The third-order valence-corrected chi connectivity index (χ3v) is 5.48. The van der Waals surface area contributed by atoms with Crippen LogP contribution in [0.3, 0.4) is 0 Å². The summed E-state index contributed by atoms with van der Waals surface area (Å²) < 4.78 is 0. The van der Waals surface area contributed by atoms with Gasteiger partial charge in [0, 0.05) is 38.5 Å². The summed E-state index contributed by atoms with van der Waals surface area (Å²) in [6, 6.07) is 18.5. The molecule has 4 heteroatoms. The maximum atomic E-state index is 13.4. The van der Waals surface area contributed by atoms with Gasteiger partial charge in [-0.15, -0.1) is 0 Å². The molecule has 0 saturated carbocycles. The molecule has 0 unspecified atom stereocenters. The second-order valence-corrected chi connectivity index (χ2v) is 7.68. The lowest BCUT2D eigenvalue weighted by atomic mass is 9.94. The highest BCUT2D eigenvalue weighted by atomic mass is 16.2. The Morgan fingerprint density at radius 2 is 1.61 bits per heavy atom. The maximum absolute atomic E-state index is 13.4. The van der Waals surface area contributed by atoms with E-state index >= 15 is 0 Å². The molecule has 1 fully saturated rings. The number of rotatable bonds is 6. The van der Waals surface area contributed by atoms with Crippen LogP contribution in [-0.2, 0) is 22.7 Å². The van der Waals surface area contributed by atoms with E-state index in [0.717, 1.165) is 24.0 Å². The van der Waals surface area contributed by atoms with Crippen molar-refractivity contribution in [1.29, 1.82) is 0 Å². The summed E-state index contributed by atoms with van der Waals surface area (Å²) in [6.07, 6.45) is 2.04. The van der Waals surface area contributed by atoms with Gasteiger partial charge in [-0.1, -0.05) is 67.1 Å². The second kappa shape index (κ2) is 9.54. The first-order valence-corrected chi connectivity index (χ1v) is 10.2. The number of piperidine rings is 1. The first-order chi connectivity index (χ1) is 13.6. The number of amides is 2. The van der Waals surface area contributed by atoms with Gasteiger partial charge in [-0.25, -0.2) is 0 Å². The van der Waals surface area contributed by atoms with Gasteiger partial charge >= 0.3 is 0 Å². The molecule has 1 aliphatic rings. The van der Waals surface area contributed by atoms with Crippen molar-refractivity contribution in [3.05, 3.63) is 71.3 Å². The summed E-state index contributed by atoms with van der Waals surface area (Å²) in [4.78, 5) is 29.2. The third-order valence-electron chi connectivity index (χ3n) is 5.48. The third kappa shape index (κ3) is 5.22. The van der Waals surface area contributed by atoms with Crippen LogP contribution in [0.15, 0.2) is 54.6 Å². The first-order valence-electron chi connectivity index (χ1n) is 10.2. The molecule has 0 aliphatic carbocycles. The number of benzene rings is 2. The van der Waals surface area contributed by atoms with Crippen molar-refractivity contribution in [2.24, 2.45) is 5.92 Å². The van der Waals surface area contributed by atoms with Crippen molar-refractivity contribution >= 4 is 11.8 Å². The summed E-state index contributed by atoms with van der Waals surface area (Å²) in [6.45, 7) is 6.57. The molecule has 0 N–H and O–H groups in total. The minimum Gasteiger partial charge on any atom is -0.343 e. The van der Waals surface area contributed by atoms with Gasteiger partial charge in [0.1, 0.15) is 0 Å². The molecule has 2 amide bonds. The van der Waals surface area contributed by atoms with Crippen LogP contribution >= 0.6 is 0 Å². The van der Waals surface area contributed by atoms with Crippen molar-refractivity contribution in [3.63, 3.8) is 0 Å². The molecule has 2 aromatic rings. The zero-order valence-corrected chi connectivity index (χ0v) is 16.9. The molecular formula is C24H30N2O2. The number of likely N-dealkylation sites (tertiary alicyclic amines) is 1. The van der Waals surface area contributed by atoms with E-state index in [9.17, 15) is 9.59 Å². The number of carbonyl (C=O) groups excluding carboxylic acids is 2. The Bertz CT molecular complexity index is 795. The van der Waals surface area contributed by atoms with E-state index in [1.54, 1.807) is 0 Å². The molecule has 0 radical (unpaired) electrons. The van der Waals surface area contributed by atoms with Crippen LogP contribution in [0.2, 0.25) is 0 Å². The highest BCUT2D eigenvalue weighted by Gasteiger charge is 2.30. The zero-order chi connectivity index (χ0) is 19.9. The van der Waals surface area contributed by atoms with Gasteiger partial charge in [0.25, 0.3) is 0 Å². The largest absolute Gasteiger partial charge is 0.343 e. The molecule has 0 bridgehead atoms. The molecule has 0 spiro atoms. The summed E-state index contributed by atoms with van der Waals surface area (Å²) in [5.74, 6) is 0.384. The maximum Gasteiger partial charge on any atom is 0.226 e. The summed E-state index contributed by atoms with van der Waals surface area (Å²) in [7, 11) is 0. The van der Waals surface area contributed by atoms with Crippen molar-refractivity contribution in [2.75, 3.05) is 13.1 Å². The Hall–Kier alpha value is -2.62. The molecule has 4 nitrogen and oxygen atoms in total. The monoisotopic (exact) mass is 378 g/mol. The molecule has 0 aromatic heterocycles. The van der Waals surface area contributed by atoms with Crippen LogP contribution in [0, 0.1) is 12.8 Å². The van der Waals surface area contributed by atoms with Crippen LogP contribution in [0.4, 0.5) is 0 Å². The Labute approximate surface area is 168 Å². The summed E-state index contributed by atoms with van der Waals surface area (Å²) in [5.41, 5.74) is 3.50. The molecular weight excluding hydrogens is 348 g/mol. The van der Waals surface area contributed by atoms with Crippen molar-refractivity contribution in [1.82, 2.24) is 9.80 Å². The lowest BCUT2D eigenvalue weighted by Crippen LogP contribution is -2.44. The lowest BCUT2D eigenvalue weighted by Gasteiger charge is -2.34. The molecule has 0 atom stereocenters. The molecule has 3 rings (SSSR count). The number of hydrogen-bond donors (Lipinski definition) is 0. The van der Waals surface area contributed by atoms with E-state index in [1.807, 2.05) is 41.0 Å². The highest BCUT2D eigenvalue weighted by molar-refractivity contribution is 5.80. The molecule has 2 aromatic carbocycles. The van der Waals surface area contributed by atoms with Gasteiger partial charge in [0.15, 0.2) is 0 Å². The van der Waals surface area contributed by atoms with E-state index in [4.69, 9.17) is 0 Å². The predicted molar refractivity (Wildman–Crippen MR) is 111 cm³/mol. The standard InChI is InChI=1S/C24H30N2O2/c1-3-23(27)25-14-12-22(13-15-25)24(28)26(17-20-9-5-4-6-10-20)18-21-11-7-8-19(2)16-21/h4-11,16,22H,3,12-15,17-18H2,1-2H3. The zero-order valence-electron chi connectivity index (χ0n) is 16.9. The Kier molecular flexibility index (Phi) is 6.85. The lowest BCUT2D eigenvalue weighted by molar-refractivity contribution is -0.141. The minimum absolute atomic E-state index is 0.00516. The number of nitrogens with zero attached hydrogens (tertiary/aromatic N) is 2. The second-order valence-electron chi connectivity index (χ2n) is 7.68. The van der Waals surface area contributed by atoms with Crippen LogP contribution in [0.25, 0.3) is 0 Å². The van der Waals surface area contributed by atoms with Crippen molar-refractivity contribution < 1.29 is 9.59 Å². The van der Waals surface area contributed by atoms with Crippen LogP contribution in [0.5, 0.6) is 0 Å². The van der Waals surface area contributed by atoms with Gasteiger partial charge in [0.05, 0.1) is 0 Å². The average Bonchev–Trinajstić information content (AvgIpc) is 2.73. The first kappa shape index (κ1) is 20.1. The van der Waals surface area contributed by atoms with E-state index in [2.05, 4.69) is 37.3 Å². The smallest absolute Gasteiger partial charge is 0.226 e. The van der Waals surface area contributed by atoms with Crippen LogP contribution < -0.4 is 0 Å². The van der Waals surface area contributed by atoms with Crippen LogP contribution in [-0.4, -0.2) is 34.7 Å². The Morgan fingerprint density at radius 3 is 2.25 bits per heavy atom. The molecule has 28 heavy (non-hydrogen) atoms. The van der Waals surface area contributed by atoms with E-state index < -0.39 is 0 Å². The van der Waals surface area contributed by atoms with Gasteiger partial charge in [-0.05, 0) is 30.9 Å². The Morgan fingerprint density at radius 1 is 0.964 bits per heavy atom. The quantitative estimate of drug-likeness (QED) is 0.757. The fraction of sp³-hybridized carbons (Fsp3) is 0.417. The number of aryl methyl sites for hydroxylation is 1. The van der Waals surface area contributed by atoms with Gasteiger partial charge in [-0.2, -0.15) is 0 Å². The molecule has 1 saturated heterocycles. The highest BCUT2D eigenvalue weighted by Crippen LogP contribution is 2.23. The predicted octanol–water partition coefficient (Wildman–Crippen LogP) is 4.17. The van der Waals surface area contributed by atoms with Crippen molar-refractivity contribution in [2.45, 2.75) is 46.2 Å². The van der Waals surface area contributed by atoms with Gasteiger partial charge in [-0.3, -0.25) is 9.59 Å². The topological polar surface area (TPSA) is 40.6 Å². The Balaban J connectivity index is 1.72. The summed E-state index contributed by atoms with van der Waals surface area (Å²) in [5, 5.41) is 0. The molecule has 148 valence electrons. The van der Waals surface area contributed by atoms with Gasteiger partial charge in [0.2, 0.25) is 11.8 Å². The van der Waals surface area contributed by atoms with Crippen molar-refractivity contribution in [3.8, 4) is 0 Å². The fourth-order valence-corrected chi connectivity index (χ4v) is 3.90. The average molecular weight is 379 g/mol. The van der Waals surface area contributed by atoms with E-state index in [0.29, 0.717) is 32.6 Å². The van der Waals surface area contributed by atoms with Gasteiger partial charge < -0.3 is 9.80 Å².